The maximum absolute atomic E-state index is 12.3. The molecule has 1 aliphatic heterocycles. The third kappa shape index (κ3) is 3.94. The van der Waals surface area contributed by atoms with Gasteiger partial charge in [0.15, 0.2) is 5.76 Å². The lowest BCUT2D eigenvalue weighted by molar-refractivity contribution is -0.128. The van der Waals surface area contributed by atoms with Crippen LogP contribution in [0.1, 0.15) is 10.6 Å². The van der Waals surface area contributed by atoms with E-state index in [9.17, 15) is 9.59 Å². The summed E-state index contributed by atoms with van der Waals surface area (Å²) in [5.41, 5.74) is 0.805. The predicted octanol–water partition coefficient (Wildman–Crippen LogP) is 2.11. The maximum Gasteiger partial charge on any atom is 0.291 e. The van der Waals surface area contributed by atoms with Crippen LogP contribution in [0.25, 0.3) is 0 Å². The van der Waals surface area contributed by atoms with Gasteiger partial charge in [-0.15, -0.1) is 0 Å². The second-order valence-electron chi connectivity index (χ2n) is 5.17. The largest absolute Gasteiger partial charge is 0.459 e. The van der Waals surface area contributed by atoms with Gasteiger partial charge in [0.1, 0.15) is 6.10 Å². The van der Waals surface area contributed by atoms with Crippen molar-refractivity contribution in [2.24, 2.45) is 0 Å². The second kappa shape index (κ2) is 7.48. The van der Waals surface area contributed by atoms with Crippen molar-refractivity contribution in [3.05, 3.63) is 47.4 Å². The molecule has 2 aromatic rings. The summed E-state index contributed by atoms with van der Waals surface area (Å²) < 4.78 is 10.5. The number of carbonyl (C=O) groups is 2. The summed E-state index contributed by atoms with van der Waals surface area (Å²) in [6.45, 7) is 1.63. The van der Waals surface area contributed by atoms with E-state index in [1.807, 2.05) is 0 Å². The number of carbonyl (C=O) groups excluding carboxylic acids is 2. The van der Waals surface area contributed by atoms with Crippen molar-refractivity contribution in [3.8, 4) is 0 Å². The lowest BCUT2D eigenvalue weighted by Gasteiger charge is -2.23. The van der Waals surface area contributed by atoms with Crippen molar-refractivity contribution < 1.29 is 18.7 Å². The SMILES string of the molecule is O=C(Nc1cc(Cl)ccc1NC(=O)C1CNCCO1)c1ccco1. The van der Waals surface area contributed by atoms with Gasteiger partial charge in [0.2, 0.25) is 0 Å². The standard InChI is InChI=1S/C16H16ClN3O4/c17-10-3-4-11(19-16(22)14-9-18-5-7-24-14)12(8-10)20-15(21)13-2-1-6-23-13/h1-4,6,8,14,18H,5,7,9H2,(H,19,22)(H,20,21). The molecule has 126 valence electrons. The third-order valence-electron chi connectivity index (χ3n) is 3.45. The molecule has 3 N–H and O–H groups in total. The molecule has 1 atom stereocenters. The number of amides is 2. The van der Waals surface area contributed by atoms with Crippen LogP contribution < -0.4 is 16.0 Å². The Kier molecular flexibility index (Phi) is 5.14. The van der Waals surface area contributed by atoms with E-state index in [2.05, 4.69) is 16.0 Å². The normalized spacial score (nSPS) is 17.3. The molecule has 24 heavy (non-hydrogen) atoms. The quantitative estimate of drug-likeness (QED) is 0.786. The molecule has 2 amide bonds. The third-order valence-corrected chi connectivity index (χ3v) is 3.69. The highest BCUT2D eigenvalue weighted by atomic mass is 35.5. The number of nitrogens with one attached hydrogen (secondary N) is 3. The highest BCUT2D eigenvalue weighted by Gasteiger charge is 2.23. The molecule has 0 aliphatic carbocycles. The van der Waals surface area contributed by atoms with Gasteiger partial charge in [-0.25, -0.2) is 0 Å². The van der Waals surface area contributed by atoms with E-state index in [0.29, 0.717) is 29.5 Å². The van der Waals surface area contributed by atoms with Crippen LogP contribution in [-0.4, -0.2) is 37.6 Å². The van der Waals surface area contributed by atoms with E-state index in [4.69, 9.17) is 20.8 Å². The van der Waals surface area contributed by atoms with Crippen molar-refractivity contribution >= 4 is 34.8 Å². The number of morpholine rings is 1. The van der Waals surface area contributed by atoms with Gasteiger partial charge in [0.25, 0.3) is 11.8 Å². The second-order valence-corrected chi connectivity index (χ2v) is 5.61. The van der Waals surface area contributed by atoms with Gasteiger partial charge < -0.3 is 25.1 Å². The monoisotopic (exact) mass is 349 g/mol. The molecule has 7 nitrogen and oxygen atoms in total. The fourth-order valence-electron chi connectivity index (χ4n) is 2.27. The first-order valence-electron chi connectivity index (χ1n) is 7.41. The van der Waals surface area contributed by atoms with E-state index in [0.717, 1.165) is 6.54 Å². The lowest BCUT2D eigenvalue weighted by Crippen LogP contribution is -2.45. The van der Waals surface area contributed by atoms with Crippen LogP contribution >= 0.6 is 11.6 Å². The summed E-state index contributed by atoms with van der Waals surface area (Å²) in [6, 6.07) is 7.95. The summed E-state index contributed by atoms with van der Waals surface area (Å²) in [5.74, 6) is -0.571. The van der Waals surface area contributed by atoms with Crippen molar-refractivity contribution in [1.29, 1.82) is 0 Å². The van der Waals surface area contributed by atoms with E-state index in [1.54, 1.807) is 30.3 Å². The topological polar surface area (TPSA) is 92.6 Å². The number of hydrogen-bond donors (Lipinski definition) is 3. The molecular weight excluding hydrogens is 334 g/mol. The number of furan rings is 1. The van der Waals surface area contributed by atoms with Crippen molar-refractivity contribution in [2.75, 3.05) is 30.3 Å². The zero-order chi connectivity index (χ0) is 16.9. The Morgan fingerprint density at radius 2 is 2.08 bits per heavy atom. The van der Waals surface area contributed by atoms with Gasteiger partial charge in [0.05, 0.1) is 24.2 Å². The van der Waals surface area contributed by atoms with Gasteiger partial charge in [-0.05, 0) is 30.3 Å². The smallest absolute Gasteiger partial charge is 0.291 e. The van der Waals surface area contributed by atoms with Crippen LogP contribution in [0.2, 0.25) is 5.02 Å². The molecule has 1 fully saturated rings. The first kappa shape index (κ1) is 16.5. The number of benzene rings is 1. The van der Waals surface area contributed by atoms with E-state index >= 15 is 0 Å². The van der Waals surface area contributed by atoms with Crippen LogP contribution in [0, 0.1) is 0 Å². The summed E-state index contributed by atoms with van der Waals surface area (Å²) in [4.78, 5) is 24.4. The van der Waals surface area contributed by atoms with Crippen LogP contribution in [0.3, 0.4) is 0 Å². The van der Waals surface area contributed by atoms with E-state index in [1.165, 1.54) is 6.26 Å². The minimum Gasteiger partial charge on any atom is -0.459 e. The van der Waals surface area contributed by atoms with Crippen molar-refractivity contribution in [1.82, 2.24) is 5.32 Å². The first-order valence-corrected chi connectivity index (χ1v) is 7.79. The van der Waals surface area contributed by atoms with Gasteiger partial charge in [-0.3, -0.25) is 9.59 Å². The number of rotatable bonds is 4. The molecule has 1 saturated heterocycles. The Labute approximate surface area is 143 Å². The Bertz CT molecular complexity index is 727. The van der Waals surface area contributed by atoms with Crippen LogP contribution in [-0.2, 0) is 9.53 Å². The molecule has 1 aromatic heterocycles. The van der Waals surface area contributed by atoms with E-state index in [-0.39, 0.29) is 11.7 Å². The molecule has 0 bridgehead atoms. The van der Waals surface area contributed by atoms with Crippen LogP contribution in [0.4, 0.5) is 11.4 Å². The van der Waals surface area contributed by atoms with Gasteiger partial charge in [-0.1, -0.05) is 11.6 Å². The fourth-order valence-corrected chi connectivity index (χ4v) is 2.44. The first-order chi connectivity index (χ1) is 11.6. The number of hydrogen-bond acceptors (Lipinski definition) is 5. The summed E-state index contributed by atoms with van der Waals surface area (Å²) in [7, 11) is 0. The minimum absolute atomic E-state index is 0.159. The Balaban J connectivity index is 1.75. The number of halogens is 1. The molecule has 0 radical (unpaired) electrons. The molecule has 1 aromatic carbocycles. The van der Waals surface area contributed by atoms with E-state index < -0.39 is 12.0 Å². The lowest BCUT2D eigenvalue weighted by atomic mass is 10.2. The Morgan fingerprint density at radius 3 is 2.79 bits per heavy atom. The Hall–Kier alpha value is -2.35. The number of anilines is 2. The summed E-state index contributed by atoms with van der Waals surface area (Å²) in [6.07, 6.45) is 0.825. The molecular formula is C16H16ClN3O4. The van der Waals surface area contributed by atoms with Gasteiger partial charge >= 0.3 is 0 Å². The zero-order valence-corrected chi connectivity index (χ0v) is 13.4. The summed E-state index contributed by atoms with van der Waals surface area (Å²) in [5, 5.41) is 8.94. The summed E-state index contributed by atoms with van der Waals surface area (Å²) >= 11 is 5.99. The predicted molar refractivity (Wildman–Crippen MR) is 89.4 cm³/mol. The van der Waals surface area contributed by atoms with Crippen LogP contribution in [0.5, 0.6) is 0 Å². The maximum atomic E-state index is 12.3. The minimum atomic E-state index is -0.581. The van der Waals surface area contributed by atoms with Crippen molar-refractivity contribution in [2.45, 2.75) is 6.10 Å². The average molecular weight is 350 g/mol. The molecule has 0 spiro atoms. The van der Waals surface area contributed by atoms with Gasteiger partial charge in [-0.2, -0.15) is 0 Å². The van der Waals surface area contributed by atoms with Gasteiger partial charge in [0, 0.05) is 18.1 Å². The fraction of sp³-hybridized carbons (Fsp3) is 0.250. The number of ether oxygens (including phenoxy) is 1. The van der Waals surface area contributed by atoms with Crippen LogP contribution in [0.15, 0.2) is 41.0 Å². The molecule has 3 rings (SSSR count). The Morgan fingerprint density at radius 1 is 1.21 bits per heavy atom. The zero-order valence-electron chi connectivity index (χ0n) is 12.7. The molecule has 8 heteroatoms. The highest BCUT2D eigenvalue weighted by molar-refractivity contribution is 6.31. The van der Waals surface area contributed by atoms with Crippen molar-refractivity contribution in [3.63, 3.8) is 0 Å². The highest BCUT2D eigenvalue weighted by Crippen LogP contribution is 2.26. The molecule has 1 aliphatic rings. The molecule has 2 heterocycles. The molecule has 1 unspecified atom stereocenters. The average Bonchev–Trinajstić information content (AvgIpc) is 3.13. The molecule has 0 saturated carbocycles.